The molecule has 0 amide bonds. The second-order valence-electron chi connectivity index (χ2n) is 2.16. The van der Waals surface area contributed by atoms with E-state index in [1.54, 1.807) is 7.11 Å². The van der Waals surface area contributed by atoms with Crippen LogP contribution in [-0.2, 0) is 4.74 Å². The van der Waals surface area contributed by atoms with Gasteiger partial charge in [0.2, 0.25) is 6.73 Å². The fourth-order valence-electron chi connectivity index (χ4n) is 0.784. The summed E-state index contributed by atoms with van der Waals surface area (Å²) in [5.41, 5.74) is 0.914. The van der Waals surface area contributed by atoms with Crippen LogP contribution in [0.5, 0.6) is 5.75 Å². The second-order valence-corrected chi connectivity index (χ2v) is 2.16. The van der Waals surface area contributed by atoms with Crippen LogP contribution in [0.25, 0.3) is 0 Å². The van der Waals surface area contributed by atoms with Gasteiger partial charge in [-0.25, -0.2) is 0 Å². The molecule has 1 N–H and O–H groups in total. The normalized spacial score (nSPS) is 9.50. The molecule has 0 aromatic heterocycles. The van der Waals surface area contributed by atoms with Gasteiger partial charge in [0.15, 0.2) is 0 Å². The van der Waals surface area contributed by atoms with E-state index in [1.807, 2.05) is 24.3 Å². The largest absolute Gasteiger partial charge is 0.497 e. The molecule has 1 aromatic carbocycles. The van der Waals surface area contributed by atoms with Gasteiger partial charge in [0.05, 0.1) is 7.11 Å². The Morgan fingerprint density at radius 3 is 2.33 bits per heavy atom. The molecule has 0 saturated carbocycles. The summed E-state index contributed by atoms with van der Waals surface area (Å²) in [6.45, 7) is 2.51. The lowest BCUT2D eigenvalue weighted by Crippen LogP contribution is -1.95. The second kappa shape index (κ2) is 4.62. The molecule has 1 rings (SSSR count). The van der Waals surface area contributed by atoms with E-state index in [2.05, 4.69) is 16.8 Å². The zero-order chi connectivity index (χ0) is 8.81. The van der Waals surface area contributed by atoms with Gasteiger partial charge >= 0.3 is 0 Å². The minimum absolute atomic E-state index is 0.831. The van der Waals surface area contributed by atoms with Gasteiger partial charge in [-0.15, -0.1) is 0 Å². The Hall–Kier alpha value is -1.22. The lowest BCUT2D eigenvalue weighted by Gasteiger charge is -2.03. The molecule has 3 nitrogen and oxygen atoms in total. The average molecular weight is 165 g/mol. The zero-order valence-corrected chi connectivity index (χ0v) is 7.13. The fourth-order valence-corrected chi connectivity index (χ4v) is 0.784. The molecule has 0 aliphatic rings. The topological polar surface area (TPSA) is 30.5 Å². The standard InChI is InChI=1S/C9H11NO2/c1-11-7-10-8-3-5-9(12-2)6-4-8/h3-6,10H,1-2H3. The third-order valence-corrected chi connectivity index (χ3v) is 1.39. The maximum Gasteiger partial charge on any atom is 0.246 e. The van der Waals surface area contributed by atoms with Crippen molar-refractivity contribution in [1.29, 1.82) is 0 Å². The van der Waals surface area contributed by atoms with Gasteiger partial charge in [-0.3, -0.25) is 0 Å². The predicted octanol–water partition coefficient (Wildman–Crippen LogP) is 1.75. The summed E-state index contributed by atoms with van der Waals surface area (Å²) >= 11 is 0. The number of nitrogens with one attached hydrogen (secondary N) is 1. The summed E-state index contributed by atoms with van der Waals surface area (Å²) in [7, 11) is 3.17. The Kier molecular flexibility index (Phi) is 3.41. The first-order valence-corrected chi connectivity index (χ1v) is 3.55. The van der Waals surface area contributed by atoms with E-state index in [9.17, 15) is 0 Å². The quantitative estimate of drug-likeness (QED) is 0.689. The summed E-state index contributed by atoms with van der Waals surface area (Å²) in [5.74, 6) is 0.831. The van der Waals surface area contributed by atoms with Gasteiger partial charge in [-0.1, -0.05) is 0 Å². The van der Waals surface area contributed by atoms with E-state index < -0.39 is 0 Å². The Balaban J connectivity index is 2.53. The summed E-state index contributed by atoms with van der Waals surface area (Å²) in [6.07, 6.45) is 0. The van der Waals surface area contributed by atoms with Crippen molar-refractivity contribution in [2.24, 2.45) is 0 Å². The van der Waals surface area contributed by atoms with Crippen LogP contribution in [0.1, 0.15) is 0 Å². The molecular weight excluding hydrogens is 154 g/mol. The van der Waals surface area contributed by atoms with Crippen molar-refractivity contribution in [2.75, 3.05) is 19.5 Å². The van der Waals surface area contributed by atoms with E-state index in [1.165, 1.54) is 7.11 Å². The molecule has 0 unspecified atom stereocenters. The van der Waals surface area contributed by atoms with Crippen LogP contribution >= 0.6 is 0 Å². The highest BCUT2D eigenvalue weighted by Crippen LogP contribution is 2.14. The molecule has 0 heterocycles. The number of methoxy groups -OCH3 is 2. The zero-order valence-electron chi connectivity index (χ0n) is 7.13. The molecule has 0 aliphatic carbocycles. The number of anilines is 1. The van der Waals surface area contributed by atoms with Crippen molar-refractivity contribution in [3.63, 3.8) is 0 Å². The molecule has 0 fully saturated rings. The van der Waals surface area contributed by atoms with Crippen LogP contribution in [0.2, 0.25) is 0 Å². The average Bonchev–Trinajstić information content (AvgIpc) is 2.15. The molecule has 0 spiro atoms. The van der Waals surface area contributed by atoms with Gasteiger partial charge in [0.25, 0.3) is 0 Å². The Morgan fingerprint density at radius 1 is 1.17 bits per heavy atom. The van der Waals surface area contributed by atoms with Gasteiger partial charge in [0.1, 0.15) is 5.75 Å². The number of rotatable bonds is 4. The van der Waals surface area contributed by atoms with Gasteiger partial charge in [-0.05, 0) is 24.3 Å². The van der Waals surface area contributed by atoms with Crippen LogP contribution in [0.4, 0.5) is 5.69 Å². The molecule has 3 heteroatoms. The van der Waals surface area contributed by atoms with Gasteiger partial charge in [0, 0.05) is 12.8 Å². The lowest BCUT2D eigenvalue weighted by atomic mass is 10.3. The van der Waals surface area contributed by atoms with Crippen molar-refractivity contribution < 1.29 is 9.47 Å². The fraction of sp³-hybridized carbons (Fsp3) is 0.222. The number of hydrogen-bond acceptors (Lipinski definition) is 3. The van der Waals surface area contributed by atoms with Gasteiger partial charge < -0.3 is 14.8 Å². The monoisotopic (exact) mass is 165 g/mol. The molecule has 64 valence electrons. The van der Waals surface area contributed by atoms with Crippen molar-refractivity contribution >= 4 is 5.69 Å². The molecule has 12 heavy (non-hydrogen) atoms. The first-order valence-electron chi connectivity index (χ1n) is 3.55. The maximum absolute atomic E-state index is 4.99. The van der Waals surface area contributed by atoms with Crippen molar-refractivity contribution in [2.45, 2.75) is 0 Å². The Bertz CT molecular complexity index is 220. The van der Waals surface area contributed by atoms with Crippen LogP contribution < -0.4 is 10.1 Å². The molecule has 0 aliphatic heterocycles. The molecular formula is C9H11NO2. The summed E-state index contributed by atoms with van der Waals surface area (Å²) in [5, 5.41) is 2.82. The summed E-state index contributed by atoms with van der Waals surface area (Å²) in [4.78, 5) is 0. The van der Waals surface area contributed by atoms with Crippen LogP contribution in [0.15, 0.2) is 24.3 Å². The first-order chi connectivity index (χ1) is 5.86. The highest BCUT2D eigenvalue weighted by molar-refractivity contribution is 5.46. The first kappa shape index (κ1) is 8.87. The third kappa shape index (κ3) is 2.43. The molecule has 0 bridgehead atoms. The van der Waals surface area contributed by atoms with E-state index in [0.29, 0.717) is 0 Å². The van der Waals surface area contributed by atoms with Crippen molar-refractivity contribution in [1.82, 2.24) is 0 Å². The number of ether oxygens (including phenoxy) is 2. The van der Waals surface area contributed by atoms with Crippen molar-refractivity contribution in [3.05, 3.63) is 31.0 Å². The number of benzene rings is 1. The molecule has 1 aromatic rings. The summed E-state index contributed by atoms with van der Waals surface area (Å²) < 4.78 is 9.60. The van der Waals surface area contributed by atoms with E-state index in [4.69, 9.17) is 4.74 Å². The predicted molar refractivity (Wildman–Crippen MR) is 46.9 cm³/mol. The SMILES string of the molecule is CO[C]Nc1ccc(OC)cc1. The van der Waals surface area contributed by atoms with Gasteiger partial charge in [-0.2, -0.15) is 0 Å². The number of hydrogen-bond donors (Lipinski definition) is 1. The molecule has 2 radical (unpaired) electrons. The van der Waals surface area contributed by atoms with E-state index >= 15 is 0 Å². The van der Waals surface area contributed by atoms with E-state index in [-0.39, 0.29) is 0 Å². The third-order valence-electron chi connectivity index (χ3n) is 1.39. The summed E-state index contributed by atoms with van der Waals surface area (Å²) in [6, 6.07) is 7.48. The van der Waals surface area contributed by atoms with Crippen molar-refractivity contribution in [3.8, 4) is 5.75 Å². The molecule has 0 saturated heterocycles. The maximum atomic E-state index is 4.99. The highest BCUT2D eigenvalue weighted by atomic mass is 16.5. The minimum atomic E-state index is 0.831. The van der Waals surface area contributed by atoms with E-state index in [0.717, 1.165) is 11.4 Å². The molecule has 0 atom stereocenters. The highest BCUT2D eigenvalue weighted by Gasteiger charge is 1.92. The Morgan fingerprint density at radius 2 is 1.83 bits per heavy atom. The minimum Gasteiger partial charge on any atom is -0.497 e. The van der Waals surface area contributed by atoms with Crippen LogP contribution in [0.3, 0.4) is 0 Å². The smallest absolute Gasteiger partial charge is 0.246 e. The Labute approximate surface area is 72.3 Å². The lowest BCUT2D eigenvalue weighted by molar-refractivity contribution is 0.287. The van der Waals surface area contributed by atoms with Crippen LogP contribution in [0, 0.1) is 6.73 Å². The van der Waals surface area contributed by atoms with Crippen LogP contribution in [-0.4, -0.2) is 14.2 Å².